The van der Waals surface area contributed by atoms with Crippen molar-refractivity contribution in [1.82, 2.24) is 4.98 Å². The van der Waals surface area contributed by atoms with Crippen LogP contribution in [0.15, 0.2) is 42.6 Å². The summed E-state index contributed by atoms with van der Waals surface area (Å²) in [5, 5.41) is 0.864. The van der Waals surface area contributed by atoms with Crippen LogP contribution in [0.1, 0.15) is 21.5 Å². The first-order chi connectivity index (χ1) is 10.1. The van der Waals surface area contributed by atoms with Crippen molar-refractivity contribution >= 4 is 16.7 Å². The van der Waals surface area contributed by atoms with Gasteiger partial charge in [0.25, 0.3) is 0 Å². The average molecular weight is 283 g/mol. The number of hydrogen-bond donors (Lipinski definition) is 1. The summed E-state index contributed by atoms with van der Waals surface area (Å²) in [5.74, 6) is -0.578. The number of ether oxygens (including phenoxy) is 1. The SMILES string of the molecule is COc1cc(C(=O)c2c[nH]c3ccc(C)cc23)ccc1F. The van der Waals surface area contributed by atoms with Crippen LogP contribution in [-0.4, -0.2) is 17.9 Å². The summed E-state index contributed by atoms with van der Waals surface area (Å²) in [7, 11) is 1.38. The van der Waals surface area contributed by atoms with Gasteiger partial charge in [0.2, 0.25) is 0 Å². The first kappa shape index (κ1) is 13.4. The second-order valence-corrected chi connectivity index (χ2v) is 4.93. The average Bonchev–Trinajstić information content (AvgIpc) is 2.90. The van der Waals surface area contributed by atoms with Gasteiger partial charge in [-0.15, -0.1) is 0 Å². The van der Waals surface area contributed by atoms with E-state index in [4.69, 9.17) is 4.74 Å². The van der Waals surface area contributed by atoms with E-state index < -0.39 is 5.82 Å². The van der Waals surface area contributed by atoms with Crippen molar-refractivity contribution in [3.8, 4) is 5.75 Å². The molecule has 0 aliphatic rings. The van der Waals surface area contributed by atoms with Gasteiger partial charge in [0.05, 0.1) is 7.11 Å². The molecule has 0 aliphatic heterocycles. The highest BCUT2D eigenvalue weighted by Gasteiger charge is 2.16. The van der Waals surface area contributed by atoms with Gasteiger partial charge in [-0.2, -0.15) is 0 Å². The molecule has 0 amide bonds. The number of aryl methyl sites for hydroxylation is 1. The maximum atomic E-state index is 13.4. The Hall–Kier alpha value is -2.62. The smallest absolute Gasteiger partial charge is 0.195 e. The Bertz CT molecular complexity index is 836. The lowest BCUT2D eigenvalue weighted by atomic mass is 10.0. The van der Waals surface area contributed by atoms with E-state index in [1.54, 1.807) is 6.20 Å². The molecule has 2 aromatic carbocycles. The van der Waals surface area contributed by atoms with E-state index in [2.05, 4.69) is 4.98 Å². The molecule has 0 aliphatic carbocycles. The third kappa shape index (κ3) is 2.29. The molecule has 3 aromatic rings. The topological polar surface area (TPSA) is 42.1 Å². The van der Waals surface area contributed by atoms with Crippen LogP contribution >= 0.6 is 0 Å². The zero-order valence-corrected chi connectivity index (χ0v) is 11.7. The summed E-state index contributed by atoms with van der Waals surface area (Å²) >= 11 is 0. The van der Waals surface area contributed by atoms with Gasteiger partial charge in [-0.05, 0) is 37.3 Å². The number of benzene rings is 2. The maximum Gasteiger partial charge on any atom is 0.195 e. The summed E-state index contributed by atoms with van der Waals surface area (Å²) in [5.41, 5.74) is 2.95. The van der Waals surface area contributed by atoms with Crippen LogP contribution in [-0.2, 0) is 0 Å². The minimum atomic E-state index is -0.483. The largest absolute Gasteiger partial charge is 0.494 e. The van der Waals surface area contributed by atoms with E-state index in [1.807, 2.05) is 25.1 Å². The predicted octanol–water partition coefficient (Wildman–Crippen LogP) is 3.86. The van der Waals surface area contributed by atoms with Crippen LogP contribution in [0.4, 0.5) is 4.39 Å². The lowest BCUT2D eigenvalue weighted by Crippen LogP contribution is -2.01. The number of rotatable bonds is 3. The standard InChI is InChI=1S/C17H14FNO2/c1-10-3-6-15-12(7-10)13(9-19-15)17(20)11-4-5-14(18)16(8-11)21-2/h3-9,19H,1-2H3. The Labute approximate surface area is 121 Å². The van der Waals surface area contributed by atoms with Crippen molar-refractivity contribution < 1.29 is 13.9 Å². The second kappa shape index (κ2) is 5.05. The summed E-state index contributed by atoms with van der Waals surface area (Å²) in [6, 6.07) is 10.0. The quantitative estimate of drug-likeness (QED) is 0.742. The van der Waals surface area contributed by atoms with Gasteiger partial charge < -0.3 is 9.72 Å². The second-order valence-electron chi connectivity index (χ2n) is 4.93. The fourth-order valence-corrected chi connectivity index (χ4v) is 2.38. The van der Waals surface area contributed by atoms with Crippen LogP contribution in [0.2, 0.25) is 0 Å². The third-order valence-electron chi connectivity index (χ3n) is 3.50. The van der Waals surface area contributed by atoms with E-state index in [9.17, 15) is 9.18 Å². The molecule has 0 saturated carbocycles. The molecule has 0 fully saturated rings. The van der Waals surface area contributed by atoms with E-state index >= 15 is 0 Å². The molecule has 0 saturated heterocycles. The predicted molar refractivity (Wildman–Crippen MR) is 79.4 cm³/mol. The van der Waals surface area contributed by atoms with Gasteiger partial charge in [0.1, 0.15) is 0 Å². The van der Waals surface area contributed by atoms with E-state index in [-0.39, 0.29) is 11.5 Å². The number of aromatic amines is 1. The van der Waals surface area contributed by atoms with Crippen molar-refractivity contribution in [3.05, 3.63) is 65.1 Å². The van der Waals surface area contributed by atoms with Gasteiger partial charge in [-0.25, -0.2) is 4.39 Å². The number of carbonyl (C=O) groups is 1. The number of methoxy groups -OCH3 is 1. The normalized spacial score (nSPS) is 10.8. The Morgan fingerprint density at radius 1 is 1.19 bits per heavy atom. The van der Waals surface area contributed by atoms with Crippen molar-refractivity contribution in [3.63, 3.8) is 0 Å². The molecular weight excluding hydrogens is 269 g/mol. The summed E-state index contributed by atoms with van der Waals surface area (Å²) in [6.07, 6.45) is 1.68. The number of fused-ring (bicyclic) bond motifs is 1. The lowest BCUT2D eigenvalue weighted by molar-refractivity contribution is 0.104. The van der Waals surface area contributed by atoms with Crippen LogP contribution in [0.25, 0.3) is 10.9 Å². The molecule has 4 heteroatoms. The van der Waals surface area contributed by atoms with Crippen molar-refractivity contribution in [1.29, 1.82) is 0 Å². The van der Waals surface area contributed by atoms with E-state index in [0.717, 1.165) is 16.5 Å². The zero-order valence-electron chi connectivity index (χ0n) is 11.7. The molecule has 3 rings (SSSR count). The molecular formula is C17H14FNO2. The first-order valence-corrected chi connectivity index (χ1v) is 6.56. The highest BCUT2D eigenvalue weighted by molar-refractivity contribution is 6.16. The highest BCUT2D eigenvalue weighted by Crippen LogP contribution is 2.25. The molecule has 21 heavy (non-hydrogen) atoms. The minimum Gasteiger partial charge on any atom is -0.494 e. The third-order valence-corrected chi connectivity index (χ3v) is 3.50. The molecule has 106 valence electrons. The molecule has 1 aromatic heterocycles. The Kier molecular flexibility index (Phi) is 3.22. The highest BCUT2D eigenvalue weighted by atomic mass is 19.1. The Morgan fingerprint density at radius 2 is 2.00 bits per heavy atom. The Balaban J connectivity index is 2.10. The molecule has 0 atom stereocenters. The summed E-state index contributed by atoms with van der Waals surface area (Å²) in [6.45, 7) is 1.97. The van der Waals surface area contributed by atoms with Gasteiger partial charge in [-0.3, -0.25) is 4.79 Å². The number of H-pyrrole nitrogens is 1. The molecule has 3 nitrogen and oxygen atoms in total. The van der Waals surface area contributed by atoms with Gasteiger partial charge in [-0.1, -0.05) is 11.6 Å². The number of aromatic nitrogens is 1. The number of halogens is 1. The number of hydrogen-bond acceptors (Lipinski definition) is 2. The van der Waals surface area contributed by atoms with Crippen LogP contribution in [0.3, 0.4) is 0 Å². The van der Waals surface area contributed by atoms with Gasteiger partial charge in [0, 0.05) is 28.2 Å². The van der Waals surface area contributed by atoms with Gasteiger partial charge >= 0.3 is 0 Å². The van der Waals surface area contributed by atoms with Crippen LogP contribution in [0.5, 0.6) is 5.75 Å². The van der Waals surface area contributed by atoms with Crippen molar-refractivity contribution in [2.24, 2.45) is 0 Å². The van der Waals surface area contributed by atoms with Crippen molar-refractivity contribution in [2.45, 2.75) is 6.92 Å². The summed E-state index contributed by atoms with van der Waals surface area (Å²) in [4.78, 5) is 15.7. The van der Waals surface area contributed by atoms with Crippen molar-refractivity contribution in [2.75, 3.05) is 7.11 Å². The fraction of sp³-hybridized carbons (Fsp3) is 0.118. The zero-order chi connectivity index (χ0) is 15.0. The number of carbonyl (C=O) groups excluding carboxylic acids is 1. The molecule has 1 N–H and O–H groups in total. The van der Waals surface area contributed by atoms with Crippen LogP contribution in [0, 0.1) is 12.7 Å². The molecule has 0 radical (unpaired) electrons. The molecule has 1 heterocycles. The first-order valence-electron chi connectivity index (χ1n) is 6.56. The van der Waals surface area contributed by atoms with E-state index in [1.165, 1.54) is 25.3 Å². The summed E-state index contributed by atoms with van der Waals surface area (Å²) < 4.78 is 18.4. The lowest BCUT2D eigenvalue weighted by Gasteiger charge is -2.05. The molecule has 0 spiro atoms. The Morgan fingerprint density at radius 3 is 2.76 bits per heavy atom. The number of ketones is 1. The van der Waals surface area contributed by atoms with Crippen LogP contribution < -0.4 is 4.74 Å². The van der Waals surface area contributed by atoms with Gasteiger partial charge in [0.15, 0.2) is 17.3 Å². The van der Waals surface area contributed by atoms with E-state index in [0.29, 0.717) is 11.1 Å². The molecule has 0 unspecified atom stereocenters. The fourth-order valence-electron chi connectivity index (χ4n) is 2.38. The molecule has 0 bridgehead atoms. The minimum absolute atomic E-state index is 0.0665. The maximum absolute atomic E-state index is 13.4. The number of nitrogens with one attached hydrogen (secondary N) is 1. The monoisotopic (exact) mass is 283 g/mol.